The number of hydrogen-bond donors (Lipinski definition) is 1. The lowest BCUT2D eigenvalue weighted by Gasteiger charge is -2.26. The van der Waals surface area contributed by atoms with Gasteiger partial charge in [0.2, 0.25) is 5.95 Å². The van der Waals surface area contributed by atoms with Gasteiger partial charge in [-0.25, -0.2) is 10.2 Å². The van der Waals surface area contributed by atoms with Gasteiger partial charge in [0, 0.05) is 13.1 Å². The average Bonchev–Trinajstić information content (AvgIpc) is 2.74. The van der Waals surface area contributed by atoms with Gasteiger partial charge in [0.1, 0.15) is 0 Å². The molecule has 2 heterocycles. The fraction of sp³-hybridized carbons (Fsp3) is 0.353. The minimum Gasteiger partial charge on any atom is -0.467 e. The number of hydrazone groups is 1. The fourth-order valence-electron chi connectivity index (χ4n) is 2.38. The average molecular weight is 372 g/mol. The summed E-state index contributed by atoms with van der Waals surface area (Å²) >= 11 is 0. The van der Waals surface area contributed by atoms with Gasteiger partial charge in [-0.3, -0.25) is 0 Å². The highest BCUT2D eigenvalue weighted by atomic mass is 16.5. The molecule has 0 amide bonds. The summed E-state index contributed by atoms with van der Waals surface area (Å²) in [5, 5.41) is 4.13. The summed E-state index contributed by atoms with van der Waals surface area (Å²) in [5.41, 5.74) is 4.04. The predicted octanol–water partition coefficient (Wildman–Crippen LogP) is 0.949. The van der Waals surface area contributed by atoms with Crippen molar-refractivity contribution in [3.8, 4) is 6.01 Å². The number of rotatable bonds is 6. The zero-order chi connectivity index (χ0) is 19.1. The molecule has 0 spiro atoms. The van der Waals surface area contributed by atoms with E-state index < -0.39 is 0 Å². The molecule has 1 aliphatic rings. The topological polar surface area (TPSA) is 111 Å². The number of hydrogen-bond acceptors (Lipinski definition) is 10. The Kier molecular flexibility index (Phi) is 6.10. The number of benzene rings is 1. The number of aromatic nitrogens is 3. The molecule has 0 radical (unpaired) electrons. The summed E-state index contributed by atoms with van der Waals surface area (Å²) in [7, 11) is 2.84. The molecule has 1 aliphatic heterocycles. The number of methoxy groups -OCH3 is 2. The molecule has 142 valence electrons. The highest BCUT2D eigenvalue weighted by molar-refractivity contribution is 5.90. The van der Waals surface area contributed by atoms with Crippen molar-refractivity contribution in [1.82, 2.24) is 15.0 Å². The number of ether oxygens (including phenoxy) is 3. The van der Waals surface area contributed by atoms with Crippen LogP contribution >= 0.6 is 0 Å². The van der Waals surface area contributed by atoms with Gasteiger partial charge in [0.05, 0.1) is 39.2 Å². The zero-order valence-electron chi connectivity index (χ0n) is 15.1. The number of esters is 1. The summed E-state index contributed by atoms with van der Waals surface area (Å²) in [5.74, 6) is 0.389. The third-order valence-electron chi connectivity index (χ3n) is 3.79. The highest BCUT2D eigenvalue weighted by Gasteiger charge is 2.16. The molecular weight excluding hydrogens is 352 g/mol. The van der Waals surface area contributed by atoms with Crippen molar-refractivity contribution in [3.05, 3.63) is 35.4 Å². The number of carbonyl (C=O) groups is 1. The van der Waals surface area contributed by atoms with Crippen LogP contribution in [0.5, 0.6) is 6.01 Å². The fourth-order valence-corrected chi connectivity index (χ4v) is 2.38. The number of nitrogens with zero attached hydrogens (tertiary/aromatic N) is 5. The Hall–Kier alpha value is -3.27. The summed E-state index contributed by atoms with van der Waals surface area (Å²) in [6.07, 6.45) is 1.59. The van der Waals surface area contributed by atoms with Crippen LogP contribution in [0.25, 0.3) is 0 Å². The van der Waals surface area contributed by atoms with Crippen molar-refractivity contribution in [2.75, 3.05) is 50.8 Å². The van der Waals surface area contributed by atoms with E-state index in [-0.39, 0.29) is 17.9 Å². The Labute approximate surface area is 156 Å². The first-order valence-corrected chi connectivity index (χ1v) is 8.30. The molecule has 1 aromatic heterocycles. The summed E-state index contributed by atoms with van der Waals surface area (Å²) in [6, 6.07) is 7.03. The number of morpholine rings is 1. The molecule has 1 aromatic carbocycles. The van der Waals surface area contributed by atoms with Gasteiger partial charge < -0.3 is 19.1 Å². The number of anilines is 2. The molecule has 3 rings (SSSR count). The van der Waals surface area contributed by atoms with E-state index in [2.05, 4.69) is 30.2 Å². The Morgan fingerprint density at radius 3 is 2.59 bits per heavy atom. The molecule has 10 heteroatoms. The van der Waals surface area contributed by atoms with Crippen LogP contribution in [0.15, 0.2) is 29.4 Å². The first-order valence-electron chi connectivity index (χ1n) is 8.30. The molecule has 0 bridgehead atoms. The maximum Gasteiger partial charge on any atom is 0.337 e. The summed E-state index contributed by atoms with van der Waals surface area (Å²) in [6.45, 7) is 2.64. The minimum atomic E-state index is -0.385. The normalized spacial score (nSPS) is 14.2. The van der Waals surface area contributed by atoms with E-state index in [1.807, 2.05) is 4.90 Å². The van der Waals surface area contributed by atoms with Crippen LogP contribution in [0, 0.1) is 0 Å². The number of nitrogens with one attached hydrogen (secondary N) is 1. The molecule has 0 aliphatic carbocycles. The maximum absolute atomic E-state index is 11.4. The second-order valence-electron chi connectivity index (χ2n) is 5.53. The van der Waals surface area contributed by atoms with Crippen molar-refractivity contribution in [1.29, 1.82) is 0 Å². The summed E-state index contributed by atoms with van der Waals surface area (Å²) in [4.78, 5) is 26.2. The van der Waals surface area contributed by atoms with Gasteiger partial charge in [-0.05, 0) is 17.7 Å². The highest BCUT2D eigenvalue weighted by Crippen LogP contribution is 2.16. The molecule has 1 fully saturated rings. The molecule has 27 heavy (non-hydrogen) atoms. The second-order valence-corrected chi connectivity index (χ2v) is 5.53. The Morgan fingerprint density at radius 1 is 1.19 bits per heavy atom. The van der Waals surface area contributed by atoms with Crippen LogP contribution in [0.3, 0.4) is 0 Å². The molecule has 0 saturated carbocycles. The van der Waals surface area contributed by atoms with E-state index in [1.54, 1.807) is 30.5 Å². The molecular formula is C17H20N6O4. The second kappa shape index (κ2) is 8.90. The maximum atomic E-state index is 11.4. The largest absolute Gasteiger partial charge is 0.467 e. The molecule has 0 atom stereocenters. The van der Waals surface area contributed by atoms with E-state index in [9.17, 15) is 4.79 Å². The third kappa shape index (κ3) is 4.88. The molecule has 10 nitrogen and oxygen atoms in total. The Balaban J connectivity index is 1.69. The van der Waals surface area contributed by atoms with Crippen molar-refractivity contribution < 1.29 is 19.0 Å². The van der Waals surface area contributed by atoms with E-state index in [4.69, 9.17) is 9.47 Å². The SMILES string of the molecule is COC(=O)c1ccc(C=NNc2nc(OC)nc(N3CCOCC3)n2)cc1. The molecule has 1 saturated heterocycles. The van der Waals surface area contributed by atoms with Gasteiger partial charge in [-0.1, -0.05) is 12.1 Å². The van der Waals surface area contributed by atoms with Crippen molar-refractivity contribution in [3.63, 3.8) is 0 Å². The third-order valence-corrected chi connectivity index (χ3v) is 3.79. The minimum absolute atomic E-state index is 0.201. The van der Waals surface area contributed by atoms with Gasteiger partial charge in [0.15, 0.2) is 0 Å². The van der Waals surface area contributed by atoms with E-state index >= 15 is 0 Å². The smallest absolute Gasteiger partial charge is 0.337 e. The van der Waals surface area contributed by atoms with Crippen LogP contribution in [-0.4, -0.2) is 67.7 Å². The molecule has 1 N–H and O–H groups in total. The Bertz CT molecular complexity index is 806. The first kappa shape index (κ1) is 18.5. The Morgan fingerprint density at radius 2 is 1.93 bits per heavy atom. The van der Waals surface area contributed by atoms with E-state index in [1.165, 1.54) is 14.2 Å². The van der Waals surface area contributed by atoms with Gasteiger partial charge in [-0.2, -0.15) is 20.1 Å². The quantitative estimate of drug-likeness (QED) is 0.450. The summed E-state index contributed by atoms with van der Waals surface area (Å²) < 4.78 is 15.1. The van der Waals surface area contributed by atoms with Crippen molar-refractivity contribution >= 4 is 24.1 Å². The van der Waals surface area contributed by atoms with Crippen LogP contribution in [0.1, 0.15) is 15.9 Å². The standard InChI is InChI=1S/C17H20N6O4/c1-25-14(24)13-5-3-12(4-6-13)11-18-22-15-19-16(21-17(20-15)26-2)23-7-9-27-10-8-23/h3-6,11H,7-10H2,1-2H3,(H,19,20,21,22). The lowest BCUT2D eigenvalue weighted by molar-refractivity contribution is 0.0600. The molecule has 0 unspecified atom stereocenters. The van der Waals surface area contributed by atoms with Crippen LogP contribution in [-0.2, 0) is 9.47 Å². The van der Waals surface area contributed by atoms with Gasteiger partial charge >= 0.3 is 12.0 Å². The lowest BCUT2D eigenvalue weighted by Crippen LogP contribution is -2.37. The van der Waals surface area contributed by atoms with Crippen LogP contribution < -0.4 is 15.1 Å². The van der Waals surface area contributed by atoms with Gasteiger partial charge in [0.25, 0.3) is 5.95 Å². The first-order chi connectivity index (χ1) is 13.2. The number of carbonyl (C=O) groups excluding carboxylic acids is 1. The van der Waals surface area contributed by atoms with E-state index in [0.717, 1.165) is 5.56 Å². The van der Waals surface area contributed by atoms with Crippen molar-refractivity contribution in [2.45, 2.75) is 0 Å². The van der Waals surface area contributed by atoms with E-state index in [0.29, 0.717) is 37.8 Å². The van der Waals surface area contributed by atoms with Crippen molar-refractivity contribution in [2.24, 2.45) is 5.10 Å². The zero-order valence-corrected chi connectivity index (χ0v) is 15.1. The lowest BCUT2D eigenvalue weighted by atomic mass is 10.1. The van der Waals surface area contributed by atoms with Crippen LogP contribution in [0.2, 0.25) is 0 Å². The monoisotopic (exact) mass is 372 g/mol. The predicted molar refractivity (Wildman–Crippen MR) is 98.4 cm³/mol. The molecule has 2 aromatic rings. The van der Waals surface area contributed by atoms with Gasteiger partial charge in [-0.15, -0.1) is 0 Å². The van der Waals surface area contributed by atoms with Crippen LogP contribution in [0.4, 0.5) is 11.9 Å².